The molecule has 2 heteroatoms. The van der Waals surface area contributed by atoms with Crippen LogP contribution in [0.4, 0.5) is 0 Å². The standard InChI is InChI=1S/C10H19NO/c12-10(8-4-5-8)7-9-3-1-2-6-11-9/h8-12H,1-7H2. The van der Waals surface area contributed by atoms with E-state index < -0.39 is 0 Å². The van der Waals surface area contributed by atoms with E-state index in [1.54, 1.807) is 0 Å². The van der Waals surface area contributed by atoms with Crippen LogP contribution in [0.5, 0.6) is 0 Å². The minimum absolute atomic E-state index is 0.0133. The molecule has 2 N–H and O–H groups in total. The third kappa shape index (κ3) is 2.20. The molecule has 0 aromatic carbocycles. The lowest BCUT2D eigenvalue weighted by atomic mass is 9.97. The first-order chi connectivity index (χ1) is 5.86. The fraction of sp³-hybridized carbons (Fsp3) is 1.00. The summed E-state index contributed by atoms with van der Waals surface area (Å²) in [5.41, 5.74) is 0. The van der Waals surface area contributed by atoms with Crippen LogP contribution in [-0.4, -0.2) is 23.8 Å². The Morgan fingerprint density at radius 1 is 1.25 bits per heavy atom. The van der Waals surface area contributed by atoms with E-state index in [0.717, 1.165) is 13.0 Å². The van der Waals surface area contributed by atoms with Gasteiger partial charge in [0.15, 0.2) is 0 Å². The normalized spacial score (nSPS) is 33.2. The molecule has 2 aliphatic rings. The quantitative estimate of drug-likeness (QED) is 0.667. The number of rotatable bonds is 3. The van der Waals surface area contributed by atoms with Gasteiger partial charge in [0.05, 0.1) is 6.10 Å². The van der Waals surface area contributed by atoms with Crippen LogP contribution in [0.1, 0.15) is 38.5 Å². The zero-order chi connectivity index (χ0) is 8.39. The highest BCUT2D eigenvalue weighted by Gasteiger charge is 2.31. The van der Waals surface area contributed by atoms with Crippen molar-refractivity contribution >= 4 is 0 Å². The summed E-state index contributed by atoms with van der Waals surface area (Å²) in [6.07, 6.45) is 7.42. The second-order valence-electron chi connectivity index (χ2n) is 4.29. The molecule has 2 unspecified atom stereocenters. The number of hydrogen-bond acceptors (Lipinski definition) is 2. The molecule has 0 aromatic rings. The summed E-state index contributed by atoms with van der Waals surface area (Å²) >= 11 is 0. The summed E-state index contributed by atoms with van der Waals surface area (Å²) in [5.74, 6) is 0.647. The summed E-state index contributed by atoms with van der Waals surface area (Å²) < 4.78 is 0. The average Bonchev–Trinajstić information content (AvgIpc) is 2.88. The Bertz CT molecular complexity index is 139. The first kappa shape index (κ1) is 8.52. The molecule has 0 amide bonds. The first-order valence-electron chi connectivity index (χ1n) is 5.28. The van der Waals surface area contributed by atoms with Gasteiger partial charge in [0.25, 0.3) is 0 Å². The number of aliphatic hydroxyl groups is 1. The van der Waals surface area contributed by atoms with Crippen LogP contribution in [0.25, 0.3) is 0 Å². The van der Waals surface area contributed by atoms with Crippen LogP contribution in [0.2, 0.25) is 0 Å². The molecule has 0 aromatic heterocycles. The highest BCUT2D eigenvalue weighted by Crippen LogP contribution is 2.34. The summed E-state index contributed by atoms with van der Waals surface area (Å²) in [7, 11) is 0. The van der Waals surface area contributed by atoms with Crippen LogP contribution >= 0.6 is 0 Å². The molecule has 2 fully saturated rings. The minimum atomic E-state index is -0.0133. The zero-order valence-electron chi connectivity index (χ0n) is 7.63. The molecule has 1 heterocycles. The summed E-state index contributed by atoms with van der Waals surface area (Å²) in [5, 5.41) is 13.2. The van der Waals surface area contributed by atoms with Crippen molar-refractivity contribution in [1.82, 2.24) is 5.32 Å². The number of hydrogen-bond donors (Lipinski definition) is 2. The van der Waals surface area contributed by atoms with Gasteiger partial charge in [0, 0.05) is 6.04 Å². The van der Waals surface area contributed by atoms with Gasteiger partial charge in [0.2, 0.25) is 0 Å². The lowest BCUT2D eigenvalue weighted by Crippen LogP contribution is -2.37. The molecule has 70 valence electrons. The molecular formula is C10H19NO. The smallest absolute Gasteiger partial charge is 0.0583 e. The Morgan fingerprint density at radius 3 is 2.67 bits per heavy atom. The second kappa shape index (κ2) is 3.75. The number of aliphatic hydroxyl groups excluding tert-OH is 1. The molecule has 2 rings (SSSR count). The van der Waals surface area contributed by atoms with Crippen LogP contribution in [0.15, 0.2) is 0 Å². The Hall–Kier alpha value is -0.0800. The van der Waals surface area contributed by atoms with E-state index in [4.69, 9.17) is 0 Å². The average molecular weight is 169 g/mol. The van der Waals surface area contributed by atoms with Crippen molar-refractivity contribution in [2.24, 2.45) is 5.92 Å². The summed E-state index contributed by atoms with van der Waals surface area (Å²) in [6, 6.07) is 0.606. The van der Waals surface area contributed by atoms with Gasteiger partial charge >= 0.3 is 0 Å². The molecule has 1 aliphatic heterocycles. The van der Waals surface area contributed by atoms with Gasteiger partial charge in [-0.15, -0.1) is 0 Å². The third-order valence-corrected chi connectivity index (χ3v) is 3.10. The van der Waals surface area contributed by atoms with Gasteiger partial charge in [0.1, 0.15) is 0 Å². The van der Waals surface area contributed by atoms with Crippen molar-refractivity contribution < 1.29 is 5.11 Å². The van der Waals surface area contributed by atoms with E-state index >= 15 is 0 Å². The molecule has 2 nitrogen and oxygen atoms in total. The monoisotopic (exact) mass is 169 g/mol. The molecule has 0 bridgehead atoms. The minimum Gasteiger partial charge on any atom is -0.393 e. The number of piperidine rings is 1. The van der Waals surface area contributed by atoms with E-state index in [1.165, 1.54) is 32.1 Å². The Morgan fingerprint density at radius 2 is 2.08 bits per heavy atom. The highest BCUT2D eigenvalue weighted by molar-refractivity contribution is 4.85. The van der Waals surface area contributed by atoms with Gasteiger partial charge in [-0.3, -0.25) is 0 Å². The Balaban J connectivity index is 1.69. The van der Waals surface area contributed by atoms with Crippen LogP contribution < -0.4 is 5.32 Å². The van der Waals surface area contributed by atoms with Crippen molar-refractivity contribution in [3.63, 3.8) is 0 Å². The molecule has 2 atom stereocenters. The van der Waals surface area contributed by atoms with E-state index in [1.807, 2.05) is 0 Å². The fourth-order valence-electron chi connectivity index (χ4n) is 2.09. The lowest BCUT2D eigenvalue weighted by Gasteiger charge is -2.25. The van der Waals surface area contributed by atoms with E-state index in [0.29, 0.717) is 12.0 Å². The predicted molar refractivity (Wildman–Crippen MR) is 49.0 cm³/mol. The maximum Gasteiger partial charge on any atom is 0.0583 e. The summed E-state index contributed by atoms with van der Waals surface area (Å²) in [6.45, 7) is 1.15. The molecule has 0 radical (unpaired) electrons. The van der Waals surface area contributed by atoms with E-state index in [9.17, 15) is 5.11 Å². The first-order valence-corrected chi connectivity index (χ1v) is 5.28. The van der Waals surface area contributed by atoms with Crippen molar-refractivity contribution in [1.29, 1.82) is 0 Å². The molecule has 1 aliphatic carbocycles. The predicted octanol–water partition coefficient (Wildman–Crippen LogP) is 1.29. The second-order valence-corrected chi connectivity index (χ2v) is 4.29. The van der Waals surface area contributed by atoms with Crippen LogP contribution in [0.3, 0.4) is 0 Å². The van der Waals surface area contributed by atoms with Gasteiger partial charge in [-0.05, 0) is 44.6 Å². The van der Waals surface area contributed by atoms with Crippen molar-refractivity contribution in [2.45, 2.75) is 50.7 Å². The van der Waals surface area contributed by atoms with E-state index in [-0.39, 0.29) is 6.10 Å². The van der Waals surface area contributed by atoms with Gasteiger partial charge in [-0.2, -0.15) is 0 Å². The van der Waals surface area contributed by atoms with Crippen LogP contribution in [0, 0.1) is 5.92 Å². The van der Waals surface area contributed by atoms with Crippen LogP contribution in [-0.2, 0) is 0 Å². The SMILES string of the molecule is OC(CC1CCCCN1)C1CC1. The molecular weight excluding hydrogens is 150 g/mol. The molecule has 1 saturated heterocycles. The highest BCUT2D eigenvalue weighted by atomic mass is 16.3. The molecule has 1 saturated carbocycles. The summed E-state index contributed by atoms with van der Waals surface area (Å²) in [4.78, 5) is 0. The largest absolute Gasteiger partial charge is 0.393 e. The van der Waals surface area contributed by atoms with Gasteiger partial charge < -0.3 is 10.4 Å². The van der Waals surface area contributed by atoms with Crippen molar-refractivity contribution in [3.05, 3.63) is 0 Å². The van der Waals surface area contributed by atoms with E-state index in [2.05, 4.69) is 5.32 Å². The molecule has 12 heavy (non-hydrogen) atoms. The Labute approximate surface area is 74.4 Å². The third-order valence-electron chi connectivity index (χ3n) is 3.10. The maximum atomic E-state index is 9.70. The molecule has 0 spiro atoms. The van der Waals surface area contributed by atoms with Crippen molar-refractivity contribution in [2.75, 3.05) is 6.54 Å². The zero-order valence-corrected chi connectivity index (χ0v) is 7.63. The number of nitrogens with one attached hydrogen (secondary N) is 1. The topological polar surface area (TPSA) is 32.3 Å². The maximum absolute atomic E-state index is 9.70. The van der Waals surface area contributed by atoms with Crippen molar-refractivity contribution in [3.8, 4) is 0 Å². The Kier molecular flexibility index (Phi) is 2.66. The van der Waals surface area contributed by atoms with Gasteiger partial charge in [-0.1, -0.05) is 6.42 Å². The van der Waals surface area contributed by atoms with Gasteiger partial charge in [-0.25, -0.2) is 0 Å². The lowest BCUT2D eigenvalue weighted by molar-refractivity contribution is 0.122. The fourth-order valence-corrected chi connectivity index (χ4v) is 2.09.